The molecule has 1 aromatic carbocycles. The van der Waals surface area contributed by atoms with E-state index in [0.717, 1.165) is 25.9 Å². The van der Waals surface area contributed by atoms with Gasteiger partial charge in [0.25, 0.3) is 5.91 Å². The van der Waals surface area contributed by atoms with Crippen molar-refractivity contribution in [2.45, 2.75) is 19.8 Å². The number of halogens is 1. The fourth-order valence-corrected chi connectivity index (χ4v) is 2.63. The van der Waals surface area contributed by atoms with Crippen molar-refractivity contribution in [3.8, 4) is 5.75 Å². The van der Waals surface area contributed by atoms with E-state index in [1.807, 2.05) is 0 Å². The van der Waals surface area contributed by atoms with Crippen molar-refractivity contribution < 1.29 is 9.90 Å². The zero-order valence-corrected chi connectivity index (χ0v) is 13.5. The smallest absolute Gasteiger partial charge is 0.251 e. The summed E-state index contributed by atoms with van der Waals surface area (Å²) >= 11 is 3.21. The van der Waals surface area contributed by atoms with Crippen molar-refractivity contribution in [2.24, 2.45) is 5.41 Å². The van der Waals surface area contributed by atoms with Crippen molar-refractivity contribution in [2.75, 3.05) is 26.7 Å². The number of carbonyl (C=O) groups excluding carboxylic acids is 1. The van der Waals surface area contributed by atoms with Crippen molar-refractivity contribution in [3.63, 3.8) is 0 Å². The van der Waals surface area contributed by atoms with Crippen LogP contribution in [0.4, 0.5) is 0 Å². The molecule has 0 unspecified atom stereocenters. The maximum Gasteiger partial charge on any atom is 0.251 e. The van der Waals surface area contributed by atoms with Crippen LogP contribution in [-0.4, -0.2) is 42.6 Å². The number of benzene rings is 1. The van der Waals surface area contributed by atoms with Gasteiger partial charge in [0, 0.05) is 12.1 Å². The SMILES string of the molecule is CN1CCC(C)(CNC(=O)c2ccc(Br)c(O)c2)CC1. The predicted octanol–water partition coefficient (Wildman–Crippen LogP) is 2.62. The Bertz CT molecular complexity index is 497. The van der Waals surface area contributed by atoms with E-state index in [4.69, 9.17) is 0 Å². The molecule has 4 nitrogen and oxygen atoms in total. The quantitative estimate of drug-likeness (QED) is 0.889. The Morgan fingerprint density at radius 3 is 2.70 bits per heavy atom. The van der Waals surface area contributed by atoms with Crippen LogP contribution < -0.4 is 5.32 Å². The second kappa shape index (κ2) is 6.14. The van der Waals surface area contributed by atoms with Gasteiger partial charge in [0.15, 0.2) is 0 Å². The number of hydrogen-bond acceptors (Lipinski definition) is 3. The average Bonchev–Trinajstić information content (AvgIpc) is 2.43. The van der Waals surface area contributed by atoms with E-state index < -0.39 is 0 Å². The average molecular weight is 341 g/mol. The first-order valence-corrected chi connectivity index (χ1v) is 7.64. The van der Waals surface area contributed by atoms with Gasteiger partial charge in [-0.2, -0.15) is 0 Å². The third kappa shape index (κ3) is 3.73. The molecule has 1 saturated heterocycles. The van der Waals surface area contributed by atoms with Crippen LogP contribution in [0.25, 0.3) is 0 Å². The van der Waals surface area contributed by atoms with Gasteiger partial charge in [0.1, 0.15) is 5.75 Å². The maximum absolute atomic E-state index is 12.1. The second-order valence-electron chi connectivity index (χ2n) is 5.96. The van der Waals surface area contributed by atoms with E-state index in [0.29, 0.717) is 16.6 Å². The van der Waals surface area contributed by atoms with Crippen LogP contribution in [-0.2, 0) is 0 Å². The largest absolute Gasteiger partial charge is 0.507 e. The minimum atomic E-state index is -0.132. The summed E-state index contributed by atoms with van der Waals surface area (Å²) in [7, 11) is 2.13. The highest BCUT2D eigenvalue weighted by Crippen LogP contribution is 2.29. The summed E-state index contributed by atoms with van der Waals surface area (Å²) in [6.07, 6.45) is 2.19. The number of aromatic hydroxyl groups is 1. The fourth-order valence-electron chi connectivity index (χ4n) is 2.38. The minimum Gasteiger partial charge on any atom is -0.507 e. The second-order valence-corrected chi connectivity index (χ2v) is 6.82. The molecule has 1 aromatic rings. The molecule has 0 bridgehead atoms. The third-order valence-electron chi connectivity index (χ3n) is 4.08. The molecule has 5 heteroatoms. The van der Waals surface area contributed by atoms with Crippen molar-refractivity contribution >= 4 is 21.8 Å². The lowest BCUT2D eigenvalue weighted by molar-refractivity contribution is 0.0891. The lowest BCUT2D eigenvalue weighted by Crippen LogP contribution is -2.43. The van der Waals surface area contributed by atoms with E-state index in [9.17, 15) is 9.90 Å². The van der Waals surface area contributed by atoms with Crippen LogP contribution in [0.3, 0.4) is 0 Å². The number of hydrogen-bond donors (Lipinski definition) is 2. The van der Waals surface area contributed by atoms with Gasteiger partial charge in [0.2, 0.25) is 0 Å². The number of phenols is 1. The highest BCUT2D eigenvalue weighted by molar-refractivity contribution is 9.10. The van der Waals surface area contributed by atoms with Crippen LogP contribution >= 0.6 is 15.9 Å². The van der Waals surface area contributed by atoms with Crippen molar-refractivity contribution in [3.05, 3.63) is 28.2 Å². The Labute approximate surface area is 128 Å². The van der Waals surface area contributed by atoms with Crippen LogP contribution in [0.5, 0.6) is 5.75 Å². The zero-order valence-electron chi connectivity index (χ0n) is 11.9. The highest BCUT2D eigenvalue weighted by atomic mass is 79.9. The Kier molecular flexibility index (Phi) is 4.70. The van der Waals surface area contributed by atoms with Crippen LogP contribution in [0.2, 0.25) is 0 Å². The molecule has 0 saturated carbocycles. The number of rotatable bonds is 3. The summed E-state index contributed by atoms with van der Waals surface area (Å²) in [5, 5.41) is 12.6. The van der Waals surface area contributed by atoms with E-state index in [1.54, 1.807) is 12.1 Å². The summed E-state index contributed by atoms with van der Waals surface area (Å²) in [6, 6.07) is 4.87. The summed E-state index contributed by atoms with van der Waals surface area (Å²) in [6.45, 7) is 5.05. The highest BCUT2D eigenvalue weighted by Gasteiger charge is 2.29. The number of amides is 1. The molecule has 1 amide bonds. The number of nitrogens with one attached hydrogen (secondary N) is 1. The molecule has 0 aromatic heterocycles. The van der Waals surface area contributed by atoms with Gasteiger partial charge in [-0.1, -0.05) is 6.92 Å². The van der Waals surface area contributed by atoms with E-state index >= 15 is 0 Å². The first-order valence-electron chi connectivity index (χ1n) is 6.85. The molecule has 20 heavy (non-hydrogen) atoms. The van der Waals surface area contributed by atoms with Gasteiger partial charge in [-0.05, 0) is 72.5 Å². The van der Waals surface area contributed by atoms with Crippen molar-refractivity contribution in [1.29, 1.82) is 0 Å². The molecule has 110 valence electrons. The van der Waals surface area contributed by atoms with E-state index in [2.05, 4.69) is 40.1 Å². The minimum absolute atomic E-state index is 0.0863. The van der Waals surface area contributed by atoms with Gasteiger partial charge < -0.3 is 15.3 Å². The normalized spacial score (nSPS) is 18.8. The summed E-state index contributed by atoms with van der Waals surface area (Å²) in [4.78, 5) is 14.4. The fraction of sp³-hybridized carbons (Fsp3) is 0.533. The molecular formula is C15H21BrN2O2. The molecule has 2 N–H and O–H groups in total. The molecule has 2 rings (SSSR count). The van der Waals surface area contributed by atoms with E-state index in [-0.39, 0.29) is 17.1 Å². The number of likely N-dealkylation sites (tertiary alicyclic amines) is 1. The first-order chi connectivity index (χ1) is 9.39. The molecule has 1 aliphatic heterocycles. The summed E-state index contributed by atoms with van der Waals surface area (Å²) in [5.41, 5.74) is 0.654. The van der Waals surface area contributed by atoms with Crippen LogP contribution in [0, 0.1) is 5.41 Å². The first kappa shape index (κ1) is 15.3. The monoisotopic (exact) mass is 340 g/mol. The number of carbonyl (C=O) groups is 1. The zero-order chi connectivity index (χ0) is 14.8. The molecule has 1 heterocycles. The standard InChI is InChI=1S/C15H21BrN2O2/c1-15(5-7-18(2)8-6-15)10-17-14(20)11-3-4-12(16)13(19)9-11/h3-4,9,19H,5-8,10H2,1-2H3,(H,17,20). The predicted molar refractivity (Wildman–Crippen MR) is 83.0 cm³/mol. The topological polar surface area (TPSA) is 52.6 Å². The lowest BCUT2D eigenvalue weighted by atomic mass is 9.80. The molecular weight excluding hydrogens is 320 g/mol. The molecule has 1 fully saturated rings. The summed E-state index contributed by atoms with van der Waals surface area (Å²) < 4.78 is 0.594. The van der Waals surface area contributed by atoms with Crippen molar-refractivity contribution in [1.82, 2.24) is 10.2 Å². The Hall–Kier alpha value is -1.07. The molecule has 0 atom stereocenters. The van der Waals surface area contributed by atoms with Gasteiger partial charge in [-0.3, -0.25) is 4.79 Å². The Morgan fingerprint density at radius 2 is 2.10 bits per heavy atom. The maximum atomic E-state index is 12.1. The van der Waals surface area contributed by atoms with E-state index in [1.165, 1.54) is 6.07 Å². The van der Waals surface area contributed by atoms with Crippen LogP contribution in [0.15, 0.2) is 22.7 Å². The Morgan fingerprint density at radius 1 is 1.45 bits per heavy atom. The molecule has 1 aliphatic rings. The molecule has 0 spiro atoms. The number of nitrogens with zero attached hydrogens (tertiary/aromatic N) is 1. The lowest BCUT2D eigenvalue weighted by Gasteiger charge is -2.37. The van der Waals surface area contributed by atoms with Gasteiger partial charge in [-0.25, -0.2) is 0 Å². The molecule has 0 aliphatic carbocycles. The van der Waals surface area contributed by atoms with Gasteiger partial charge in [0.05, 0.1) is 4.47 Å². The van der Waals surface area contributed by atoms with Crippen LogP contribution in [0.1, 0.15) is 30.1 Å². The number of phenolic OH excluding ortho intramolecular Hbond substituents is 1. The summed E-state index contributed by atoms with van der Waals surface area (Å²) in [5.74, 6) is -0.0453. The number of piperidine rings is 1. The van der Waals surface area contributed by atoms with Gasteiger partial charge in [-0.15, -0.1) is 0 Å². The third-order valence-corrected chi connectivity index (χ3v) is 4.75. The van der Waals surface area contributed by atoms with Gasteiger partial charge >= 0.3 is 0 Å². The molecule has 0 radical (unpaired) electrons. The Balaban J connectivity index is 1.93.